The van der Waals surface area contributed by atoms with Crippen molar-refractivity contribution in [3.05, 3.63) is 18.0 Å². The molecule has 2 aromatic heterocycles. The van der Waals surface area contributed by atoms with Gasteiger partial charge < -0.3 is 10.0 Å². The second kappa shape index (κ2) is 4.41. The summed E-state index contributed by atoms with van der Waals surface area (Å²) in [6, 6.07) is 3.94. The maximum Gasteiger partial charge on any atom is 0.178 e. The smallest absolute Gasteiger partial charge is 0.178 e. The number of aliphatic hydroxyl groups is 1. The quantitative estimate of drug-likeness (QED) is 0.891. The molecule has 0 amide bonds. The molecule has 2 atom stereocenters. The average Bonchev–Trinajstić information content (AvgIpc) is 3.21. The van der Waals surface area contributed by atoms with Crippen molar-refractivity contribution in [2.45, 2.75) is 38.2 Å². The number of nitrogens with zero attached hydrogens (tertiary/aromatic N) is 5. The van der Waals surface area contributed by atoms with Crippen LogP contribution in [0.5, 0.6) is 0 Å². The molecule has 1 N–H and O–H groups in total. The van der Waals surface area contributed by atoms with Crippen LogP contribution in [0.15, 0.2) is 12.1 Å². The monoisotopic (exact) mass is 273 g/mol. The largest absolute Gasteiger partial charge is 0.391 e. The normalized spacial score (nSPS) is 27.2. The Balaban J connectivity index is 1.67. The number of hydrogen-bond acceptors (Lipinski definition) is 5. The zero-order chi connectivity index (χ0) is 13.7. The molecule has 6 heteroatoms. The Labute approximate surface area is 117 Å². The molecule has 4 rings (SSSR count). The maximum absolute atomic E-state index is 10.0. The molecule has 1 saturated heterocycles. The molecule has 2 aliphatic rings. The fourth-order valence-electron chi connectivity index (χ4n) is 2.82. The molecule has 2 unspecified atom stereocenters. The molecule has 0 radical (unpaired) electrons. The van der Waals surface area contributed by atoms with E-state index in [-0.39, 0.29) is 6.10 Å². The minimum absolute atomic E-state index is 0.273. The molecule has 3 heterocycles. The Morgan fingerprint density at radius 3 is 2.80 bits per heavy atom. The second-order valence-electron chi connectivity index (χ2n) is 6.07. The summed E-state index contributed by atoms with van der Waals surface area (Å²) in [4.78, 5) is 2.15. The van der Waals surface area contributed by atoms with Crippen LogP contribution >= 0.6 is 0 Å². The lowest BCUT2D eigenvalue weighted by Crippen LogP contribution is -2.43. The lowest BCUT2D eigenvalue weighted by atomic mass is 9.96. The van der Waals surface area contributed by atoms with Gasteiger partial charge in [-0.05, 0) is 37.3 Å². The van der Waals surface area contributed by atoms with Crippen LogP contribution in [0.4, 0.5) is 5.82 Å². The second-order valence-corrected chi connectivity index (χ2v) is 6.07. The highest BCUT2D eigenvalue weighted by atomic mass is 16.3. The van der Waals surface area contributed by atoms with E-state index in [1.807, 2.05) is 16.6 Å². The first kappa shape index (κ1) is 12.1. The van der Waals surface area contributed by atoms with Gasteiger partial charge in [0, 0.05) is 19.0 Å². The lowest BCUT2D eigenvalue weighted by molar-refractivity contribution is 0.102. The third kappa shape index (κ3) is 1.95. The van der Waals surface area contributed by atoms with Gasteiger partial charge in [0.05, 0.1) is 6.10 Å². The van der Waals surface area contributed by atoms with E-state index in [0.29, 0.717) is 18.4 Å². The van der Waals surface area contributed by atoms with Gasteiger partial charge in [0.15, 0.2) is 11.5 Å². The van der Waals surface area contributed by atoms with Crippen molar-refractivity contribution in [2.75, 3.05) is 18.0 Å². The molecule has 1 aliphatic carbocycles. The Kier molecular flexibility index (Phi) is 2.66. The van der Waals surface area contributed by atoms with Crippen molar-refractivity contribution >= 4 is 11.5 Å². The standard InChI is InChI=1S/C14H19N5O/c1-9-6-7-18(8-11(9)20)13-5-4-12-15-16-14(10-2-3-10)19(12)17-13/h4-5,9-11,20H,2-3,6-8H2,1H3. The Bertz CT molecular complexity index is 636. The first-order chi connectivity index (χ1) is 9.72. The molecule has 1 aliphatic heterocycles. The van der Waals surface area contributed by atoms with Crippen molar-refractivity contribution < 1.29 is 5.11 Å². The summed E-state index contributed by atoms with van der Waals surface area (Å²) in [7, 11) is 0. The van der Waals surface area contributed by atoms with Crippen LogP contribution in [0.2, 0.25) is 0 Å². The molecule has 0 spiro atoms. The molecule has 0 aromatic carbocycles. The van der Waals surface area contributed by atoms with Crippen molar-refractivity contribution in [2.24, 2.45) is 5.92 Å². The zero-order valence-corrected chi connectivity index (χ0v) is 11.6. The van der Waals surface area contributed by atoms with Gasteiger partial charge in [0.2, 0.25) is 0 Å². The SMILES string of the molecule is CC1CCN(c2ccc3nnc(C4CC4)n3n2)CC1O. The molecular formula is C14H19N5O. The minimum atomic E-state index is -0.273. The van der Waals surface area contributed by atoms with Crippen LogP contribution < -0.4 is 4.90 Å². The van der Waals surface area contributed by atoms with E-state index in [1.54, 1.807) is 0 Å². The van der Waals surface area contributed by atoms with Crippen LogP contribution in [-0.4, -0.2) is 44.1 Å². The lowest BCUT2D eigenvalue weighted by Gasteiger charge is -2.34. The van der Waals surface area contributed by atoms with Crippen LogP contribution in [-0.2, 0) is 0 Å². The summed E-state index contributed by atoms with van der Waals surface area (Å²) in [6.45, 7) is 3.70. The zero-order valence-electron chi connectivity index (χ0n) is 11.6. The van der Waals surface area contributed by atoms with Gasteiger partial charge in [0.1, 0.15) is 5.82 Å². The summed E-state index contributed by atoms with van der Waals surface area (Å²) < 4.78 is 1.87. The first-order valence-corrected chi connectivity index (χ1v) is 7.38. The topological polar surface area (TPSA) is 66.6 Å². The van der Waals surface area contributed by atoms with E-state index in [0.717, 1.165) is 30.3 Å². The number of anilines is 1. The molecule has 2 aromatic rings. The van der Waals surface area contributed by atoms with E-state index < -0.39 is 0 Å². The fraction of sp³-hybridized carbons (Fsp3) is 0.643. The number of aliphatic hydroxyl groups excluding tert-OH is 1. The molecule has 0 bridgehead atoms. The van der Waals surface area contributed by atoms with Gasteiger partial charge in [-0.15, -0.1) is 15.3 Å². The third-order valence-electron chi connectivity index (χ3n) is 4.46. The predicted octanol–water partition coefficient (Wildman–Crippen LogP) is 1.21. The van der Waals surface area contributed by atoms with Crippen molar-refractivity contribution in [1.82, 2.24) is 19.8 Å². The van der Waals surface area contributed by atoms with Gasteiger partial charge in [-0.25, -0.2) is 0 Å². The highest BCUT2D eigenvalue weighted by molar-refractivity contribution is 5.46. The fourth-order valence-corrected chi connectivity index (χ4v) is 2.82. The summed E-state index contributed by atoms with van der Waals surface area (Å²) in [5, 5.41) is 23.1. The first-order valence-electron chi connectivity index (χ1n) is 7.38. The van der Waals surface area contributed by atoms with Crippen molar-refractivity contribution in [3.8, 4) is 0 Å². The Hall–Kier alpha value is -1.69. The van der Waals surface area contributed by atoms with Crippen LogP contribution in [0.1, 0.15) is 37.9 Å². The van der Waals surface area contributed by atoms with E-state index >= 15 is 0 Å². The summed E-state index contributed by atoms with van der Waals surface area (Å²) in [5.74, 6) is 2.78. The summed E-state index contributed by atoms with van der Waals surface area (Å²) in [5.41, 5.74) is 0.807. The van der Waals surface area contributed by atoms with Crippen molar-refractivity contribution in [3.63, 3.8) is 0 Å². The number of piperidine rings is 1. The molecule has 1 saturated carbocycles. The molecule has 106 valence electrons. The maximum atomic E-state index is 10.0. The Morgan fingerprint density at radius 2 is 2.05 bits per heavy atom. The summed E-state index contributed by atoms with van der Waals surface area (Å²) in [6.07, 6.45) is 3.10. The molecule has 20 heavy (non-hydrogen) atoms. The number of β-amino-alcohol motifs (C(OH)–C–C–N with tert-alkyl or cyclic N) is 1. The predicted molar refractivity (Wildman–Crippen MR) is 74.8 cm³/mol. The molecule has 2 fully saturated rings. The number of hydrogen-bond donors (Lipinski definition) is 1. The van der Waals surface area contributed by atoms with E-state index in [1.165, 1.54) is 12.8 Å². The van der Waals surface area contributed by atoms with Gasteiger partial charge in [-0.1, -0.05) is 6.92 Å². The number of aromatic nitrogens is 4. The number of rotatable bonds is 2. The highest BCUT2D eigenvalue weighted by Gasteiger charge is 2.30. The Morgan fingerprint density at radius 1 is 1.20 bits per heavy atom. The van der Waals surface area contributed by atoms with E-state index in [4.69, 9.17) is 0 Å². The average molecular weight is 273 g/mol. The highest BCUT2D eigenvalue weighted by Crippen LogP contribution is 2.38. The van der Waals surface area contributed by atoms with Gasteiger partial charge >= 0.3 is 0 Å². The van der Waals surface area contributed by atoms with Gasteiger partial charge in [-0.3, -0.25) is 0 Å². The van der Waals surface area contributed by atoms with Gasteiger partial charge in [0.25, 0.3) is 0 Å². The number of fused-ring (bicyclic) bond motifs is 1. The van der Waals surface area contributed by atoms with Crippen LogP contribution in [0.25, 0.3) is 5.65 Å². The van der Waals surface area contributed by atoms with Crippen molar-refractivity contribution in [1.29, 1.82) is 0 Å². The molecule has 6 nitrogen and oxygen atoms in total. The van der Waals surface area contributed by atoms with Crippen LogP contribution in [0.3, 0.4) is 0 Å². The van der Waals surface area contributed by atoms with Gasteiger partial charge in [-0.2, -0.15) is 4.52 Å². The third-order valence-corrected chi connectivity index (χ3v) is 4.46. The molecular weight excluding hydrogens is 254 g/mol. The summed E-state index contributed by atoms with van der Waals surface area (Å²) >= 11 is 0. The van der Waals surface area contributed by atoms with E-state index in [9.17, 15) is 5.11 Å². The van der Waals surface area contributed by atoms with E-state index in [2.05, 4.69) is 27.1 Å². The minimum Gasteiger partial charge on any atom is -0.391 e. The van der Waals surface area contributed by atoms with Crippen LogP contribution in [0, 0.1) is 5.92 Å².